The molecule has 0 radical (unpaired) electrons. The van der Waals surface area contributed by atoms with Crippen LogP contribution in [0.15, 0.2) is 79.1 Å². The average molecular weight is 429 g/mol. The van der Waals surface area contributed by atoms with Gasteiger partial charge in [0, 0.05) is 18.3 Å². The summed E-state index contributed by atoms with van der Waals surface area (Å²) in [6.07, 6.45) is 4.18. The Balaban J connectivity index is 1.39. The van der Waals surface area contributed by atoms with E-state index in [1.165, 1.54) is 0 Å². The van der Waals surface area contributed by atoms with Crippen LogP contribution in [0.3, 0.4) is 0 Å². The van der Waals surface area contributed by atoms with Crippen molar-refractivity contribution in [3.8, 4) is 23.1 Å². The van der Waals surface area contributed by atoms with Gasteiger partial charge in [0.15, 0.2) is 5.69 Å². The minimum absolute atomic E-state index is 0.225. The van der Waals surface area contributed by atoms with Gasteiger partial charge in [-0.25, -0.2) is 9.67 Å². The molecule has 0 unspecified atom stereocenters. The maximum atomic E-state index is 12.6. The Morgan fingerprint density at radius 3 is 2.56 bits per heavy atom. The van der Waals surface area contributed by atoms with Crippen LogP contribution in [0.4, 0.5) is 0 Å². The van der Waals surface area contributed by atoms with Crippen LogP contribution in [-0.4, -0.2) is 32.5 Å². The zero-order chi connectivity index (χ0) is 22.2. The van der Waals surface area contributed by atoms with Gasteiger partial charge in [0.2, 0.25) is 5.88 Å². The molecule has 0 saturated heterocycles. The number of amides is 1. The molecule has 2 aromatic carbocycles. The van der Waals surface area contributed by atoms with Gasteiger partial charge in [0.1, 0.15) is 11.5 Å². The summed E-state index contributed by atoms with van der Waals surface area (Å²) in [5.74, 6) is 1.50. The lowest BCUT2D eigenvalue weighted by Gasteiger charge is -2.11. The average Bonchev–Trinajstić information content (AvgIpc) is 3.34. The molecule has 0 aliphatic carbocycles. The summed E-state index contributed by atoms with van der Waals surface area (Å²) in [6, 6.07) is 20.5. The van der Waals surface area contributed by atoms with Crippen LogP contribution >= 0.6 is 0 Å². The van der Waals surface area contributed by atoms with E-state index in [2.05, 4.69) is 27.5 Å². The highest BCUT2D eigenvalue weighted by Crippen LogP contribution is 2.25. The lowest BCUT2D eigenvalue weighted by atomic mass is 10.2. The van der Waals surface area contributed by atoms with Gasteiger partial charge in [-0.05, 0) is 48.9 Å². The first kappa shape index (κ1) is 21.0. The molecule has 2 heterocycles. The molecule has 162 valence electrons. The number of benzene rings is 2. The van der Waals surface area contributed by atoms with Gasteiger partial charge in [-0.3, -0.25) is 4.79 Å². The number of rotatable bonds is 9. The fourth-order valence-electron chi connectivity index (χ4n) is 2.93. The summed E-state index contributed by atoms with van der Waals surface area (Å²) in [7, 11) is 0. The molecule has 8 heteroatoms. The molecule has 1 N–H and O–H groups in total. The van der Waals surface area contributed by atoms with Crippen LogP contribution < -0.4 is 14.8 Å². The number of ether oxygens (including phenoxy) is 2. The Morgan fingerprint density at radius 1 is 1.00 bits per heavy atom. The zero-order valence-corrected chi connectivity index (χ0v) is 17.6. The molecule has 4 aromatic rings. The quantitative estimate of drug-likeness (QED) is 0.429. The molecule has 0 fully saturated rings. The fourth-order valence-corrected chi connectivity index (χ4v) is 2.93. The highest BCUT2D eigenvalue weighted by molar-refractivity contribution is 5.91. The summed E-state index contributed by atoms with van der Waals surface area (Å²) in [6.45, 7) is 2.96. The number of carbonyl (C=O) groups excluding carboxylic acids is 1. The Bertz CT molecular complexity index is 1160. The Kier molecular flexibility index (Phi) is 6.72. The maximum absolute atomic E-state index is 12.6. The van der Waals surface area contributed by atoms with Crippen molar-refractivity contribution >= 4 is 5.91 Å². The summed E-state index contributed by atoms with van der Waals surface area (Å²) in [4.78, 5) is 16.9. The van der Waals surface area contributed by atoms with E-state index >= 15 is 0 Å². The largest absolute Gasteiger partial charge is 0.494 e. The van der Waals surface area contributed by atoms with E-state index < -0.39 is 0 Å². The molecule has 8 nitrogen and oxygen atoms in total. The number of hydrogen-bond donors (Lipinski definition) is 1. The van der Waals surface area contributed by atoms with Gasteiger partial charge in [0.25, 0.3) is 5.91 Å². The molecule has 32 heavy (non-hydrogen) atoms. The van der Waals surface area contributed by atoms with E-state index in [1.54, 1.807) is 23.1 Å². The van der Waals surface area contributed by atoms with Crippen molar-refractivity contribution in [3.63, 3.8) is 0 Å². The molecule has 0 atom stereocenters. The second-order valence-electron chi connectivity index (χ2n) is 6.96. The topological polar surface area (TPSA) is 91.2 Å². The van der Waals surface area contributed by atoms with Gasteiger partial charge in [-0.15, -0.1) is 5.10 Å². The Morgan fingerprint density at radius 2 is 1.78 bits per heavy atom. The Labute approximate surface area is 185 Å². The van der Waals surface area contributed by atoms with E-state index in [-0.39, 0.29) is 18.1 Å². The minimum atomic E-state index is -0.334. The molecule has 0 aliphatic heterocycles. The van der Waals surface area contributed by atoms with E-state index in [4.69, 9.17) is 9.47 Å². The predicted molar refractivity (Wildman–Crippen MR) is 119 cm³/mol. The first-order valence-corrected chi connectivity index (χ1v) is 10.3. The number of nitrogens with zero attached hydrogens (tertiary/aromatic N) is 4. The Hall–Kier alpha value is -4.20. The normalized spacial score (nSPS) is 10.5. The summed E-state index contributed by atoms with van der Waals surface area (Å²) < 4.78 is 13.1. The second-order valence-corrected chi connectivity index (χ2v) is 6.96. The molecule has 0 aliphatic rings. The molecule has 2 aromatic heterocycles. The van der Waals surface area contributed by atoms with Crippen molar-refractivity contribution in [1.82, 2.24) is 25.3 Å². The van der Waals surface area contributed by atoms with Crippen LogP contribution in [-0.2, 0) is 6.54 Å². The van der Waals surface area contributed by atoms with Gasteiger partial charge in [0.05, 0.1) is 18.5 Å². The number of carbonyl (C=O) groups is 1. The molecule has 4 rings (SSSR count). The van der Waals surface area contributed by atoms with Crippen molar-refractivity contribution < 1.29 is 14.3 Å². The van der Waals surface area contributed by atoms with E-state index in [0.29, 0.717) is 18.2 Å². The van der Waals surface area contributed by atoms with Crippen molar-refractivity contribution in [2.45, 2.75) is 19.9 Å². The first-order valence-electron chi connectivity index (χ1n) is 10.3. The number of hydrogen-bond acceptors (Lipinski definition) is 6. The third-order valence-electron chi connectivity index (χ3n) is 4.55. The smallest absolute Gasteiger partial charge is 0.273 e. The zero-order valence-electron chi connectivity index (χ0n) is 17.6. The van der Waals surface area contributed by atoms with Crippen molar-refractivity contribution in [2.75, 3.05) is 6.61 Å². The molecule has 0 spiro atoms. The monoisotopic (exact) mass is 429 g/mol. The number of nitrogens with one attached hydrogen (secondary N) is 1. The highest BCUT2D eigenvalue weighted by Gasteiger charge is 2.13. The molecule has 0 bridgehead atoms. The predicted octanol–water partition coefficient (Wildman–Crippen LogP) is 4.17. The first-order chi connectivity index (χ1) is 15.7. The third-order valence-corrected chi connectivity index (χ3v) is 4.55. The standard InChI is InChI=1S/C24H23N5O3/c1-2-15-31-20-10-12-21(13-11-20)32-24-18(7-6-14-25-24)16-26-23(30)22-17-29(28-27-22)19-8-4-3-5-9-19/h3-14,17H,2,15-16H2,1H3,(H,26,30). The van der Waals surface area contributed by atoms with Crippen LogP contribution in [0.2, 0.25) is 0 Å². The third kappa shape index (κ3) is 5.28. The minimum Gasteiger partial charge on any atom is -0.494 e. The van der Waals surface area contributed by atoms with Crippen molar-refractivity contribution in [1.29, 1.82) is 0 Å². The van der Waals surface area contributed by atoms with E-state index in [1.807, 2.05) is 60.7 Å². The van der Waals surface area contributed by atoms with Crippen molar-refractivity contribution in [2.24, 2.45) is 0 Å². The number of para-hydroxylation sites is 1. The van der Waals surface area contributed by atoms with Crippen LogP contribution in [0.1, 0.15) is 29.4 Å². The van der Waals surface area contributed by atoms with Crippen LogP contribution in [0.25, 0.3) is 5.69 Å². The van der Waals surface area contributed by atoms with Gasteiger partial charge < -0.3 is 14.8 Å². The lowest BCUT2D eigenvalue weighted by molar-refractivity contribution is 0.0945. The summed E-state index contributed by atoms with van der Waals surface area (Å²) in [5.41, 5.74) is 1.79. The molecule has 1 amide bonds. The van der Waals surface area contributed by atoms with Crippen molar-refractivity contribution in [3.05, 3.63) is 90.4 Å². The van der Waals surface area contributed by atoms with Crippen LogP contribution in [0, 0.1) is 0 Å². The molecular weight excluding hydrogens is 406 g/mol. The summed E-state index contributed by atoms with van der Waals surface area (Å²) >= 11 is 0. The van der Waals surface area contributed by atoms with Gasteiger partial charge in [-0.1, -0.05) is 36.4 Å². The SMILES string of the molecule is CCCOc1ccc(Oc2ncccc2CNC(=O)c2cn(-c3ccccc3)nn2)cc1. The number of pyridine rings is 1. The molecular formula is C24H23N5O3. The second kappa shape index (κ2) is 10.2. The maximum Gasteiger partial charge on any atom is 0.273 e. The summed E-state index contributed by atoms with van der Waals surface area (Å²) in [5, 5.41) is 10.8. The van der Waals surface area contributed by atoms with E-state index in [9.17, 15) is 4.79 Å². The van der Waals surface area contributed by atoms with Gasteiger partial charge in [-0.2, -0.15) is 0 Å². The lowest BCUT2D eigenvalue weighted by Crippen LogP contribution is -2.23. The highest BCUT2D eigenvalue weighted by atomic mass is 16.5. The van der Waals surface area contributed by atoms with Crippen LogP contribution in [0.5, 0.6) is 17.4 Å². The van der Waals surface area contributed by atoms with Gasteiger partial charge >= 0.3 is 0 Å². The number of aromatic nitrogens is 4. The molecule has 0 saturated carbocycles. The van der Waals surface area contributed by atoms with E-state index in [0.717, 1.165) is 23.4 Å². The fraction of sp³-hybridized carbons (Fsp3) is 0.167.